The molecule has 0 aromatic rings. The molecule has 9 heteroatoms. The average Bonchev–Trinajstić information content (AvgIpc) is 2.72. The molecule has 114 valence electrons. The Hall–Kier alpha value is -2.42. The monoisotopic (exact) mass is 297 g/mol. The number of aliphatic hydroxyl groups excluding tert-OH is 1. The maximum Gasteiger partial charge on any atom is 0.325 e. The molecule has 3 N–H and O–H groups in total. The predicted molar refractivity (Wildman–Crippen MR) is 67.1 cm³/mol. The standard InChI is InChI=1S/C12H15N3O6/c1-21-10(18)5-13-6-4-9(17)15(12(6)20)7-2-3-8(16)14-11(7)19/h4,7,12-13,20H,2-3,5H2,1H3,(H,14,16,19). The van der Waals surface area contributed by atoms with E-state index in [4.69, 9.17) is 0 Å². The first-order chi connectivity index (χ1) is 9.93. The number of methoxy groups -OCH3 is 1. The van der Waals surface area contributed by atoms with Crippen molar-refractivity contribution in [3.8, 4) is 0 Å². The van der Waals surface area contributed by atoms with E-state index in [0.717, 1.165) is 11.0 Å². The minimum absolute atomic E-state index is 0.0951. The highest BCUT2D eigenvalue weighted by atomic mass is 16.5. The lowest BCUT2D eigenvalue weighted by Crippen LogP contribution is -2.56. The summed E-state index contributed by atoms with van der Waals surface area (Å²) >= 11 is 0. The van der Waals surface area contributed by atoms with Gasteiger partial charge in [0.2, 0.25) is 11.8 Å². The zero-order chi connectivity index (χ0) is 15.6. The van der Waals surface area contributed by atoms with Crippen molar-refractivity contribution in [3.63, 3.8) is 0 Å². The van der Waals surface area contributed by atoms with Crippen LogP contribution in [0.1, 0.15) is 12.8 Å². The van der Waals surface area contributed by atoms with Crippen LogP contribution in [-0.4, -0.2) is 59.6 Å². The lowest BCUT2D eigenvalue weighted by Gasteiger charge is -2.32. The Morgan fingerprint density at radius 1 is 1.52 bits per heavy atom. The van der Waals surface area contributed by atoms with Crippen molar-refractivity contribution in [3.05, 3.63) is 11.8 Å². The maximum absolute atomic E-state index is 11.9. The van der Waals surface area contributed by atoms with E-state index in [1.165, 1.54) is 7.11 Å². The molecule has 0 saturated carbocycles. The number of carbonyl (C=O) groups is 4. The van der Waals surface area contributed by atoms with Crippen LogP contribution in [0.4, 0.5) is 0 Å². The highest BCUT2D eigenvalue weighted by molar-refractivity contribution is 6.03. The Kier molecular flexibility index (Phi) is 4.22. The first-order valence-corrected chi connectivity index (χ1v) is 6.30. The number of nitrogens with one attached hydrogen (secondary N) is 2. The first-order valence-electron chi connectivity index (χ1n) is 6.30. The Bertz CT molecular complexity index is 529. The van der Waals surface area contributed by atoms with Crippen LogP contribution in [0.5, 0.6) is 0 Å². The fourth-order valence-corrected chi connectivity index (χ4v) is 2.21. The second-order valence-electron chi connectivity index (χ2n) is 4.62. The molecule has 0 spiro atoms. The second kappa shape index (κ2) is 5.92. The summed E-state index contributed by atoms with van der Waals surface area (Å²) in [6.07, 6.45) is -0.0214. The van der Waals surface area contributed by atoms with Crippen molar-refractivity contribution < 1.29 is 29.0 Å². The molecule has 2 rings (SSSR count). The van der Waals surface area contributed by atoms with Crippen LogP contribution in [0.3, 0.4) is 0 Å². The zero-order valence-electron chi connectivity index (χ0n) is 11.3. The highest BCUT2D eigenvalue weighted by Gasteiger charge is 2.42. The molecule has 2 unspecified atom stereocenters. The van der Waals surface area contributed by atoms with Gasteiger partial charge in [-0.25, -0.2) is 0 Å². The van der Waals surface area contributed by atoms with Gasteiger partial charge in [-0.3, -0.25) is 29.4 Å². The third-order valence-corrected chi connectivity index (χ3v) is 3.29. The Labute approximate surface area is 119 Å². The van der Waals surface area contributed by atoms with E-state index in [-0.39, 0.29) is 25.1 Å². The van der Waals surface area contributed by atoms with Crippen molar-refractivity contribution in [1.82, 2.24) is 15.5 Å². The van der Waals surface area contributed by atoms with Gasteiger partial charge in [0.05, 0.1) is 12.8 Å². The van der Waals surface area contributed by atoms with Gasteiger partial charge in [0, 0.05) is 12.5 Å². The summed E-state index contributed by atoms with van der Waals surface area (Å²) in [6.45, 7) is -0.212. The topological polar surface area (TPSA) is 125 Å². The second-order valence-corrected chi connectivity index (χ2v) is 4.62. The smallest absolute Gasteiger partial charge is 0.325 e. The predicted octanol–water partition coefficient (Wildman–Crippen LogP) is -2.40. The molecule has 1 saturated heterocycles. The van der Waals surface area contributed by atoms with E-state index >= 15 is 0 Å². The van der Waals surface area contributed by atoms with Crippen LogP contribution < -0.4 is 10.6 Å². The first kappa shape index (κ1) is 15.0. The van der Waals surface area contributed by atoms with Crippen LogP contribution in [0.25, 0.3) is 0 Å². The molecular weight excluding hydrogens is 282 g/mol. The number of ether oxygens (including phenoxy) is 1. The lowest BCUT2D eigenvalue weighted by atomic mass is 10.0. The number of aliphatic hydroxyl groups is 1. The number of carbonyl (C=O) groups excluding carboxylic acids is 4. The number of rotatable bonds is 4. The number of hydrogen-bond donors (Lipinski definition) is 3. The number of imide groups is 1. The minimum Gasteiger partial charge on any atom is -0.468 e. The summed E-state index contributed by atoms with van der Waals surface area (Å²) in [7, 11) is 1.21. The van der Waals surface area contributed by atoms with Gasteiger partial charge >= 0.3 is 5.97 Å². The van der Waals surface area contributed by atoms with Gasteiger partial charge in [0.1, 0.15) is 12.6 Å². The molecule has 2 heterocycles. The molecule has 2 atom stereocenters. The van der Waals surface area contributed by atoms with Crippen molar-refractivity contribution in [2.45, 2.75) is 25.1 Å². The Morgan fingerprint density at radius 3 is 2.86 bits per heavy atom. The highest BCUT2D eigenvalue weighted by Crippen LogP contribution is 2.22. The van der Waals surface area contributed by atoms with Gasteiger partial charge < -0.3 is 15.2 Å². The van der Waals surface area contributed by atoms with Gasteiger partial charge in [0.25, 0.3) is 5.91 Å². The van der Waals surface area contributed by atoms with Crippen molar-refractivity contribution in [2.75, 3.05) is 13.7 Å². The zero-order valence-corrected chi connectivity index (χ0v) is 11.3. The van der Waals surface area contributed by atoms with Crippen LogP contribution >= 0.6 is 0 Å². The summed E-state index contributed by atoms with van der Waals surface area (Å²) < 4.78 is 4.43. The number of nitrogens with zero attached hydrogens (tertiary/aromatic N) is 1. The van der Waals surface area contributed by atoms with Gasteiger partial charge in [0.15, 0.2) is 6.23 Å². The molecule has 2 aliphatic heterocycles. The van der Waals surface area contributed by atoms with Crippen molar-refractivity contribution in [2.24, 2.45) is 0 Å². The van der Waals surface area contributed by atoms with Gasteiger partial charge in [-0.05, 0) is 6.42 Å². The molecule has 0 aliphatic carbocycles. The third-order valence-electron chi connectivity index (χ3n) is 3.29. The SMILES string of the molecule is COC(=O)CNC1=CC(=O)N(C2CCC(=O)NC2=O)C1O. The molecule has 0 aromatic carbocycles. The fraction of sp³-hybridized carbons (Fsp3) is 0.500. The number of hydrogen-bond acceptors (Lipinski definition) is 7. The Morgan fingerprint density at radius 2 is 2.24 bits per heavy atom. The van der Waals surface area contributed by atoms with Crippen LogP contribution in [-0.2, 0) is 23.9 Å². The van der Waals surface area contributed by atoms with E-state index in [1.807, 2.05) is 0 Å². The molecule has 9 nitrogen and oxygen atoms in total. The lowest BCUT2D eigenvalue weighted by molar-refractivity contribution is -0.149. The molecule has 3 amide bonds. The van der Waals surface area contributed by atoms with E-state index in [1.54, 1.807) is 0 Å². The van der Waals surface area contributed by atoms with Gasteiger partial charge in [-0.15, -0.1) is 0 Å². The molecule has 21 heavy (non-hydrogen) atoms. The maximum atomic E-state index is 11.9. The van der Waals surface area contributed by atoms with E-state index in [2.05, 4.69) is 15.4 Å². The molecule has 1 fully saturated rings. The van der Waals surface area contributed by atoms with Gasteiger partial charge in [-0.1, -0.05) is 0 Å². The molecule has 0 radical (unpaired) electrons. The molecule has 2 aliphatic rings. The van der Waals surface area contributed by atoms with E-state index in [0.29, 0.717) is 0 Å². The molecular formula is C12H15N3O6. The summed E-state index contributed by atoms with van der Waals surface area (Å²) in [5.74, 6) is -2.16. The normalized spacial score (nSPS) is 25.5. The summed E-state index contributed by atoms with van der Waals surface area (Å²) in [6, 6.07) is -0.918. The molecule has 0 bridgehead atoms. The third kappa shape index (κ3) is 3.02. The van der Waals surface area contributed by atoms with E-state index in [9.17, 15) is 24.3 Å². The largest absolute Gasteiger partial charge is 0.468 e. The van der Waals surface area contributed by atoms with Crippen molar-refractivity contribution >= 4 is 23.7 Å². The number of piperidine rings is 1. The van der Waals surface area contributed by atoms with E-state index < -0.39 is 36.0 Å². The minimum atomic E-state index is -1.37. The average molecular weight is 297 g/mol. The number of esters is 1. The quantitative estimate of drug-likeness (QED) is 0.390. The fourth-order valence-electron chi connectivity index (χ4n) is 2.21. The summed E-state index contributed by atoms with van der Waals surface area (Å²) in [5, 5.41) is 14.8. The van der Waals surface area contributed by atoms with Crippen LogP contribution in [0, 0.1) is 0 Å². The Balaban J connectivity index is 2.04. The molecule has 0 aromatic heterocycles. The summed E-state index contributed by atoms with van der Waals surface area (Å²) in [5.41, 5.74) is 0.107. The van der Waals surface area contributed by atoms with Gasteiger partial charge in [-0.2, -0.15) is 0 Å². The summed E-state index contributed by atoms with van der Waals surface area (Å²) in [4.78, 5) is 46.8. The number of amides is 3. The van der Waals surface area contributed by atoms with Crippen LogP contribution in [0.2, 0.25) is 0 Å². The van der Waals surface area contributed by atoms with Crippen LogP contribution in [0.15, 0.2) is 11.8 Å². The van der Waals surface area contributed by atoms with Crippen molar-refractivity contribution in [1.29, 1.82) is 0 Å².